The van der Waals surface area contributed by atoms with Gasteiger partial charge in [0.15, 0.2) is 0 Å². The highest BCUT2D eigenvalue weighted by Crippen LogP contribution is 2.42. The summed E-state index contributed by atoms with van der Waals surface area (Å²) in [6, 6.07) is 10.8. The average molecular weight is 516 g/mol. The Balaban J connectivity index is 1.57. The number of hydrogen-bond acceptors (Lipinski definition) is 4. The molecule has 2 aliphatic rings. The molecule has 1 aliphatic heterocycles. The molecule has 1 saturated heterocycles. The van der Waals surface area contributed by atoms with Crippen LogP contribution in [-0.2, 0) is 21.4 Å². The van der Waals surface area contributed by atoms with Crippen molar-refractivity contribution in [3.63, 3.8) is 0 Å². The van der Waals surface area contributed by atoms with Crippen LogP contribution < -0.4 is 0 Å². The van der Waals surface area contributed by atoms with Gasteiger partial charge in [-0.1, -0.05) is 31.4 Å². The van der Waals surface area contributed by atoms with Gasteiger partial charge in [0.25, 0.3) is 0 Å². The van der Waals surface area contributed by atoms with Crippen LogP contribution in [0.25, 0.3) is 10.9 Å². The molecule has 6 heteroatoms. The maximum atomic E-state index is 14.2. The predicted molar refractivity (Wildman–Crippen MR) is 150 cm³/mol. The molecule has 202 valence electrons. The molecule has 2 fully saturated rings. The van der Waals surface area contributed by atoms with E-state index in [4.69, 9.17) is 4.74 Å². The first-order valence-corrected chi connectivity index (χ1v) is 14.1. The Labute approximate surface area is 226 Å². The molecule has 1 saturated carbocycles. The van der Waals surface area contributed by atoms with Crippen LogP contribution in [0.2, 0.25) is 0 Å². The fourth-order valence-electron chi connectivity index (χ4n) is 6.55. The average Bonchev–Trinajstić information content (AvgIpc) is 3.40. The number of rotatable bonds is 5. The molecule has 2 atom stereocenters. The number of nitrogens with zero attached hydrogens (tertiary/aromatic N) is 3. The summed E-state index contributed by atoms with van der Waals surface area (Å²) in [4.78, 5) is 32.7. The molecule has 2 amide bonds. The minimum Gasteiger partial charge on any atom is -0.443 e. The molecule has 0 N–H and O–H groups in total. The highest BCUT2D eigenvalue weighted by atomic mass is 16.6. The first-order chi connectivity index (χ1) is 18.1. The Morgan fingerprint density at radius 3 is 2.53 bits per heavy atom. The van der Waals surface area contributed by atoms with E-state index >= 15 is 0 Å². The van der Waals surface area contributed by atoms with Gasteiger partial charge in [0.2, 0.25) is 5.91 Å². The van der Waals surface area contributed by atoms with Crippen LogP contribution >= 0.6 is 0 Å². The zero-order valence-electron chi connectivity index (χ0n) is 23.5. The van der Waals surface area contributed by atoms with Gasteiger partial charge in [0, 0.05) is 42.1 Å². The zero-order chi connectivity index (χ0) is 27.1. The van der Waals surface area contributed by atoms with Crippen LogP contribution in [0.15, 0.2) is 48.9 Å². The molecule has 0 spiro atoms. The standard InChI is InChI=1S/C32H41N3O3/c1-22-21-35(23(2)25-9-7-6-8-10-25)28-19-26(11-12-27(22)28)32(20-24-13-16-33-17-14-24)15-18-34(29(32)36)30(37)38-31(3,4)5/h11-14,16-17,19,21,23,25H,6-10,15,18,20H2,1-5H3. The zero-order valence-corrected chi connectivity index (χ0v) is 23.5. The molecular weight excluding hydrogens is 474 g/mol. The van der Waals surface area contributed by atoms with Crippen LogP contribution in [0.3, 0.4) is 0 Å². The van der Waals surface area contributed by atoms with Gasteiger partial charge in [-0.25, -0.2) is 9.69 Å². The Morgan fingerprint density at radius 1 is 1.13 bits per heavy atom. The predicted octanol–water partition coefficient (Wildman–Crippen LogP) is 7.13. The number of fused-ring (bicyclic) bond motifs is 1. The lowest BCUT2D eigenvalue weighted by atomic mass is 9.74. The summed E-state index contributed by atoms with van der Waals surface area (Å²) in [5.41, 5.74) is 2.92. The summed E-state index contributed by atoms with van der Waals surface area (Å²) in [5.74, 6) is 0.488. The number of aryl methyl sites for hydroxylation is 1. The van der Waals surface area contributed by atoms with E-state index in [1.807, 2.05) is 32.9 Å². The number of ether oxygens (including phenoxy) is 1. The molecule has 3 heterocycles. The number of benzene rings is 1. The largest absolute Gasteiger partial charge is 0.443 e. The van der Waals surface area contributed by atoms with Crippen LogP contribution in [-0.4, -0.2) is 38.6 Å². The van der Waals surface area contributed by atoms with E-state index in [9.17, 15) is 9.59 Å². The molecule has 38 heavy (non-hydrogen) atoms. The lowest BCUT2D eigenvalue weighted by Crippen LogP contribution is -2.44. The van der Waals surface area contributed by atoms with E-state index in [0.717, 1.165) is 11.1 Å². The van der Waals surface area contributed by atoms with Crippen molar-refractivity contribution in [2.75, 3.05) is 6.54 Å². The van der Waals surface area contributed by atoms with Crippen molar-refractivity contribution in [1.82, 2.24) is 14.5 Å². The molecule has 1 aliphatic carbocycles. The molecular formula is C32H41N3O3. The monoisotopic (exact) mass is 515 g/mol. The van der Waals surface area contributed by atoms with Crippen molar-refractivity contribution in [1.29, 1.82) is 0 Å². The van der Waals surface area contributed by atoms with E-state index < -0.39 is 17.1 Å². The fourth-order valence-corrected chi connectivity index (χ4v) is 6.55. The third kappa shape index (κ3) is 4.97. The summed E-state index contributed by atoms with van der Waals surface area (Å²) in [6.45, 7) is 10.3. The first kappa shape index (κ1) is 26.5. The maximum Gasteiger partial charge on any atom is 0.417 e. The highest BCUT2D eigenvalue weighted by molar-refractivity contribution is 6.01. The molecule has 2 aromatic heterocycles. The Morgan fingerprint density at radius 2 is 1.84 bits per heavy atom. The van der Waals surface area contributed by atoms with Gasteiger partial charge in [-0.05, 0) is 101 Å². The van der Waals surface area contributed by atoms with Gasteiger partial charge in [-0.2, -0.15) is 0 Å². The third-order valence-electron chi connectivity index (χ3n) is 8.64. The number of aromatic nitrogens is 2. The number of hydrogen-bond donors (Lipinski definition) is 0. The van der Waals surface area contributed by atoms with Gasteiger partial charge in [0.1, 0.15) is 5.60 Å². The van der Waals surface area contributed by atoms with Crippen molar-refractivity contribution >= 4 is 22.9 Å². The molecule has 3 aromatic rings. The number of imide groups is 1. The summed E-state index contributed by atoms with van der Waals surface area (Å²) >= 11 is 0. The van der Waals surface area contributed by atoms with Crippen molar-refractivity contribution in [3.8, 4) is 0 Å². The number of carbonyl (C=O) groups is 2. The van der Waals surface area contributed by atoms with E-state index in [0.29, 0.717) is 31.3 Å². The van der Waals surface area contributed by atoms with Crippen LogP contribution in [0.1, 0.15) is 89.0 Å². The van der Waals surface area contributed by atoms with Gasteiger partial charge in [0.05, 0.1) is 5.41 Å². The smallest absolute Gasteiger partial charge is 0.417 e. The third-order valence-corrected chi connectivity index (χ3v) is 8.64. The minimum atomic E-state index is -0.844. The minimum absolute atomic E-state index is 0.182. The van der Waals surface area contributed by atoms with Gasteiger partial charge in [-0.15, -0.1) is 0 Å². The fraction of sp³-hybridized carbons (Fsp3) is 0.531. The second-order valence-electron chi connectivity index (χ2n) is 12.4. The van der Waals surface area contributed by atoms with Crippen LogP contribution in [0.4, 0.5) is 4.79 Å². The molecule has 1 aromatic carbocycles. The molecule has 5 rings (SSSR count). The van der Waals surface area contributed by atoms with E-state index in [-0.39, 0.29) is 5.91 Å². The van der Waals surface area contributed by atoms with Crippen molar-refractivity contribution in [2.24, 2.45) is 5.92 Å². The van der Waals surface area contributed by atoms with Gasteiger partial charge >= 0.3 is 6.09 Å². The molecule has 6 nitrogen and oxygen atoms in total. The summed E-state index contributed by atoms with van der Waals surface area (Å²) in [5, 5.41) is 1.23. The number of pyridine rings is 1. The summed E-state index contributed by atoms with van der Waals surface area (Å²) < 4.78 is 8.05. The maximum absolute atomic E-state index is 14.2. The quantitative estimate of drug-likeness (QED) is 0.362. The number of likely N-dealkylation sites (tertiary alicyclic amines) is 1. The molecule has 2 unspecified atom stereocenters. The highest BCUT2D eigenvalue weighted by Gasteiger charge is 2.51. The summed E-state index contributed by atoms with van der Waals surface area (Å²) in [7, 11) is 0. The molecule has 0 bridgehead atoms. The van der Waals surface area contributed by atoms with Gasteiger partial charge in [-0.3, -0.25) is 9.78 Å². The number of amides is 2. The van der Waals surface area contributed by atoms with Crippen molar-refractivity contribution < 1.29 is 14.3 Å². The Hall–Kier alpha value is -3.15. The second-order valence-corrected chi connectivity index (χ2v) is 12.4. The van der Waals surface area contributed by atoms with E-state index in [2.05, 4.69) is 47.8 Å². The normalized spacial score (nSPS) is 21.7. The first-order valence-electron chi connectivity index (χ1n) is 14.1. The van der Waals surface area contributed by atoms with E-state index in [1.54, 1.807) is 12.4 Å². The topological polar surface area (TPSA) is 64.4 Å². The number of carbonyl (C=O) groups excluding carboxylic acids is 2. The lowest BCUT2D eigenvalue weighted by Gasteiger charge is -2.31. The van der Waals surface area contributed by atoms with Crippen molar-refractivity contribution in [3.05, 3.63) is 65.6 Å². The SMILES string of the molecule is Cc1cn(C(C)C2CCCCC2)c2cc(C3(Cc4ccncc4)CCN(C(=O)OC(C)(C)C)C3=O)ccc12. The Bertz CT molecular complexity index is 1320. The van der Waals surface area contributed by atoms with E-state index in [1.165, 1.54) is 53.5 Å². The van der Waals surface area contributed by atoms with Crippen LogP contribution in [0, 0.1) is 12.8 Å². The van der Waals surface area contributed by atoms with Crippen LogP contribution in [0.5, 0.6) is 0 Å². The van der Waals surface area contributed by atoms with Gasteiger partial charge < -0.3 is 9.30 Å². The second kappa shape index (κ2) is 10.2. The lowest BCUT2D eigenvalue weighted by molar-refractivity contribution is -0.131. The van der Waals surface area contributed by atoms with Crippen molar-refractivity contribution in [2.45, 2.75) is 96.6 Å². The molecule has 0 radical (unpaired) electrons. The Kier molecular flexibility index (Phi) is 7.10. The summed E-state index contributed by atoms with van der Waals surface area (Å²) in [6.07, 6.45) is 12.8.